The highest BCUT2D eigenvalue weighted by Crippen LogP contribution is 2.04. The van der Waals surface area contributed by atoms with Crippen molar-refractivity contribution in [3.05, 3.63) is 0 Å². The van der Waals surface area contributed by atoms with Gasteiger partial charge in [-0.15, -0.1) is 24.0 Å². The fourth-order valence-electron chi connectivity index (χ4n) is 1.81. The second kappa shape index (κ2) is 15.9. The van der Waals surface area contributed by atoms with E-state index in [-0.39, 0.29) is 29.9 Å². The summed E-state index contributed by atoms with van der Waals surface area (Å²) in [5.74, 6) is 1.48. The molecule has 0 aromatic carbocycles. The summed E-state index contributed by atoms with van der Waals surface area (Å²) in [4.78, 5) is 15.1. The number of aliphatic imine (C=N–C) groups is 1. The van der Waals surface area contributed by atoms with Crippen LogP contribution in [0.2, 0.25) is 0 Å². The maximum atomic E-state index is 10.9. The number of hydrogen-bond acceptors (Lipinski definition) is 3. The Bertz CT molecular complexity index is 284. The van der Waals surface area contributed by atoms with Gasteiger partial charge < -0.3 is 15.4 Å². The molecule has 0 radical (unpaired) electrons. The summed E-state index contributed by atoms with van der Waals surface area (Å²) in [5.41, 5.74) is 0. The number of nitrogens with zero attached hydrogens (tertiary/aromatic N) is 1. The van der Waals surface area contributed by atoms with Crippen molar-refractivity contribution in [2.24, 2.45) is 10.9 Å². The van der Waals surface area contributed by atoms with Gasteiger partial charge in [-0.1, -0.05) is 26.7 Å². The van der Waals surface area contributed by atoms with Crippen LogP contribution in [-0.2, 0) is 9.53 Å². The summed E-state index contributed by atoms with van der Waals surface area (Å²) in [6.07, 6.45) is 5.96. The van der Waals surface area contributed by atoms with Crippen molar-refractivity contribution >= 4 is 35.9 Å². The zero-order valence-electron chi connectivity index (χ0n) is 13.9. The van der Waals surface area contributed by atoms with Crippen molar-refractivity contribution in [2.75, 3.05) is 27.2 Å². The second-order valence-electron chi connectivity index (χ2n) is 5.35. The monoisotopic (exact) mass is 413 g/mol. The largest absolute Gasteiger partial charge is 0.469 e. The average Bonchev–Trinajstić information content (AvgIpc) is 2.43. The number of methoxy groups -OCH3 is 1. The van der Waals surface area contributed by atoms with Crippen molar-refractivity contribution in [3.8, 4) is 0 Å². The van der Waals surface area contributed by atoms with E-state index >= 15 is 0 Å². The van der Waals surface area contributed by atoms with Crippen molar-refractivity contribution in [1.29, 1.82) is 0 Å². The number of carbonyl (C=O) groups is 1. The third kappa shape index (κ3) is 15.7. The van der Waals surface area contributed by atoms with E-state index in [2.05, 4.69) is 34.2 Å². The molecule has 5 nitrogen and oxygen atoms in total. The Morgan fingerprint density at radius 2 is 1.67 bits per heavy atom. The molecule has 0 rings (SSSR count). The molecular formula is C15H32IN3O2. The van der Waals surface area contributed by atoms with Gasteiger partial charge in [-0.05, 0) is 25.2 Å². The summed E-state index contributed by atoms with van der Waals surface area (Å²) < 4.78 is 4.60. The van der Waals surface area contributed by atoms with Gasteiger partial charge in [0, 0.05) is 26.6 Å². The van der Waals surface area contributed by atoms with E-state index < -0.39 is 0 Å². The summed E-state index contributed by atoms with van der Waals surface area (Å²) in [6, 6.07) is 0. The minimum Gasteiger partial charge on any atom is -0.469 e. The van der Waals surface area contributed by atoms with Gasteiger partial charge in [-0.25, -0.2) is 0 Å². The van der Waals surface area contributed by atoms with Crippen molar-refractivity contribution in [1.82, 2.24) is 10.6 Å². The highest BCUT2D eigenvalue weighted by atomic mass is 127. The fourth-order valence-corrected chi connectivity index (χ4v) is 1.81. The number of unbranched alkanes of at least 4 members (excludes halogenated alkanes) is 2. The molecule has 0 aromatic heterocycles. The van der Waals surface area contributed by atoms with E-state index in [0.717, 1.165) is 37.8 Å². The lowest BCUT2D eigenvalue weighted by molar-refractivity contribution is -0.140. The number of carbonyl (C=O) groups excluding carboxylic acids is 1. The van der Waals surface area contributed by atoms with Gasteiger partial charge in [0.05, 0.1) is 7.11 Å². The van der Waals surface area contributed by atoms with Crippen molar-refractivity contribution in [3.63, 3.8) is 0 Å². The van der Waals surface area contributed by atoms with Crippen LogP contribution < -0.4 is 10.6 Å². The molecule has 0 heterocycles. The van der Waals surface area contributed by atoms with Crippen LogP contribution in [0, 0.1) is 5.92 Å². The first-order valence-corrected chi connectivity index (χ1v) is 7.61. The smallest absolute Gasteiger partial charge is 0.305 e. The van der Waals surface area contributed by atoms with E-state index in [1.54, 1.807) is 7.05 Å². The lowest BCUT2D eigenvalue weighted by Gasteiger charge is -2.12. The molecule has 0 aliphatic rings. The molecule has 0 fully saturated rings. The average molecular weight is 413 g/mol. The van der Waals surface area contributed by atoms with Gasteiger partial charge >= 0.3 is 5.97 Å². The normalized spacial score (nSPS) is 11.0. The molecule has 0 bridgehead atoms. The standard InChI is InChI=1S/C15H31N3O2.HI/c1-13(2)9-5-7-11-17-15(16-3)18-12-8-6-10-14(19)20-4;/h13H,5-12H2,1-4H3,(H2,16,17,18);1H. The molecule has 0 aliphatic heterocycles. The van der Waals surface area contributed by atoms with Crippen LogP contribution in [-0.4, -0.2) is 39.2 Å². The highest BCUT2D eigenvalue weighted by Gasteiger charge is 2.00. The topological polar surface area (TPSA) is 62.7 Å². The van der Waals surface area contributed by atoms with Gasteiger partial charge in [0.1, 0.15) is 0 Å². The van der Waals surface area contributed by atoms with Crippen LogP contribution in [0.3, 0.4) is 0 Å². The Labute approximate surface area is 146 Å². The van der Waals surface area contributed by atoms with Crippen LogP contribution in [0.5, 0.6) is 0 Å². The second-order valence-corrected chi connectivity index (χ2v) is 5.35. The predicted molar refractivity (Wildman–Crippen MR) is 99.3 cm³/mol. The Balaban J connectivity index is 0. The highest BCUT2D eigenvalue weighted by molar-refractivity contribution is 14.0. The van der Waals surface area contributed by atoms with E-state index in [0.29, 0.717) is 6.42 Å². The fraction of sp³-hybridized carbons (Fsp3) is 0.867. The Hall–Kier alpha value is -0.530. The first-order chi connectivity index (χ1) is 9.60. The summed E-state index contributed by atoms with van der Waals surface area (Å²) >= 11 is 0. The van der Waals surface area contributed by atoms with Gasteiger partial charge in [0.15, 0.2) is 5.96 Å². The number of rotatable bonds is 10. The molecule has 0 spiro atoms. The molecule has 0 saturated carbocycles. The van der Waals surface area contributed by atoms with Gasteiger partial charge in [-0.2, -0.15) is 0 Å². The lowest BCUT2D eigenvalue weighted by Crippen LogP contribution is -2.38. The molecule has 0 aliphatic carbocycles. The van der Waals surface area contributed by atoms with E-state index in [1.807, 2.05) is 0 Å². The molecule has 0 aromatic rings. The maximum absolute atomic E-state index is 10.9. The molecule has 6 heteroatoms. The van der Waals surface area contributed by atoms with Crippen molar-refractivity contribution < 1.29 is 9.53 Å². The number of ether oxygens (including phenoxy) is 1. The number of esters is 1. The van der Waals surface area contributed by atoms with Crippen LogP contribution in [0.1, 0.15) is 52.4 Å². The molecular weight excluding hydrogens is 381 g/mol. The Morgan fingerprint density at radius 3 is 2.14 bits per heavy atom. The number of hydrogen-bond donors (Lipinski definition) is 2. The Morgan fingerprint density at radius 1 is 1.10 bits per heavy atom. The molecule has 126 valence electrons. The van der Waals surface area contributed by atoms with Gasteiger partial charge in [0.25, 0.3) is 0 Å². The third-order valence-corrected chi connectivity index (χ3v) is 3.05. The maximum Gasteiger partial charge on any atom is 0.305 e. The number of guanidine groups is 1. The molecule has 2 N–H and O–H groups in total. The van der Waals surface area contributed by atoms with Gasteiger partial charge in [-0.3, -0.25) is 9.79 Å². The quantitative estimate of drug-likeness (QED) is 0.190. The number of halogens is 1. The Kier molecular flexibility index (Phi) is 17.2. The zero-order valence-corrected chi connectivity index (χ0v) is 16.2. The number of nitrogens with one attached hydrogen (secondary N) is 2. The summed E-state index contributed by atoms with van der Waals surface area (Å²) in [5, 5.41) is 6.55. The summed E-state index contributed by atoms with van der Waals surface area (Å²) in [6.45, 7) is 6.28. The predicted octanol–water partition coefficient (Wildman–Crippen LogP) is 2.94. The zero-order chi connectivity index (χ0) is 15.2. The van der Waals surface area contributed by atoms with E-state index in [4.69, 9.17) is 0 Å². The van der Waals surface area contributed by atoms with Crippen LogP contribution in [0.15, 0.2) is 4.99 Å². The first-order valence-electron chi connectivity index (χ1n) is 7.61. The van der Waals surface area contributed by atoms with Crippen LogP contribution in [0.4, 0.5) is 0 Å². The molecule has 21 heavy (non-hydrogen) atoms. The summed E-state index contributed by atoms with van der Waals surface area (Å²) in [7, 11) is 3.20. The SMILES string of the molecule is CN=C(NCCCCC(=O)OC)NCCCCC(C)C.I. The molecule has 0 unspecified atom stereocenters. The lowest BCUT2D eigenvalue weighted by atomic mass is 10.1. The van der Waals surface area contributed by atoms with E-state index in [9.17, 15) is 4.79 Å². The van der Waals surface area contributed by atoms with Crippen LogP contribution in [0.25, 0.3) is 0 Å². The first kappa shape index (κ1) is 22.7. The van der Waals surface area contributed by atoms with E-state index in [1.165, 1.54) is 26.4 Å². The third-order valence-electron chi connectivity index (χ3n) is 3.05. The molecule has 0 atom stereocenters. The minimum atomic E-state index is -0.141. The molecule has 0 saturated heterocycles. The van der Waals surface area contributed by atoms with Crippen LogP contribution >= 0.6 is 24.0 Å². The van der Waals surface area contributed by atoms with Crippen molar-refractivity contribution in [2.45, 2.75) is 52.4 Å². The molecule has 0 amide bonds. The minimum absolute atomic E-state index is 0. The van der Waals surface area contributed by atoms with Gasteiger partial charge in [0.2, 0.25) is 0 Å².